The van der Waals surface area contributed by atoms with Gasteiger partial charge < -0.3 is 16.0 Å². The number of halogens is 1. The van der Waals surface area contributed by atoms with E-state index in [9.17, 15) is 9.18 Å². The minimum atomic E-state index is -0.767. The third kappa shape index (κ3) is 3.84. The fraction of sp³-hybridized carbons (Fsp3) is 0.529. The zero-order valence-corrected chi connectivity index (χ0v) is 15.4. The first-order chi connectivity index (χ1) is 11.9. The Hall–Kier alpha value is -1.96. The summed E-state index contributed by atoms with van der Waals surface area (Å²) in [7, 11) is 1.83. The van der Waals surface area contributed by atoms with E-state index >= 15 is 0 Å². The number of nitrogens with zero attached hydrogens (tertiary/aromatic N) is 3. The van der Waals surface area contributed by atoms with Crippen LogP contribution in [0.2, 0.25) is 0 Å². The molecule has 0 bridgehead atoms. The van der Waals surface area contributed by atoms with Crippen molar-refractivity contribution in [3.63, 3.8) is 0 Å². The van der Waals surface area contributed by atoms with E-state index in [2.05, 4.69) is 10.3 Å². The van der Waals surface area contributed by atoms with Crippen LogP contribution in [-0.2, 0) is 5.54 Å². The van der Waals surface area contributed by atoms with E-state index in [1.165, 1.54) is 18.0 Å². The molecule has 0 unspecified atom stereocenters. The minimum Gasteiger partial charge on any atom is -0.369 e. The molecule has 0 saturated carbocycles. The molecule has 1 aromatic rings. The number of aliphatic imine (C=N–C) groups is 1. The van der Waals surface area contributed by atoms with Gasteiger partial charge >= 0.3 is 6.03 Å². The van der Waals surface area contributed by atoms with E-state index in [-0.39, 0.29) is 11.8 Å². The van der Waals surface area contributed by atoms with Gasteiger partial charge in [0.25, 0.3) is 0 Å². The van der Waals surface area contributed by atoms with E-state index < -0.39 is 5.54 Å². The van der Waals surface area contributed by atoms with Gasteiger partial charge in [0.15, 0.2) is 0 Å². The third-order valence-corrected chi connectivity index (χ3v) is 5.93. The Balaban J connectivity index is 1.82. The predicted molar refractivity (Wildman–Crippen MR) is 100 cm³/mol. The Morgan fingerprint density at radius 1 is 1.36 bits per heavy atom. The van der Waals surface area contributed by atoms with Crippen LogP contribution in [0.1, 0.15) is 31.7 Å². The second kappa shape index (κ2) is 7.11. The van der Waals surface area contributed by atoms with Crippen LogP contribution in [0.4, 0.5) is 14.9 Å². The Kier molecular flexibility index (Phi) is 5.08. The molecule has 1 fully saturated rings. The van der Waals surface area contributed by atoms with Gasteiger partial charge in [-0.25, -0.2) is 14.2 Å². The molecule has 8 heteroatoms. The van der Waals surface area contributed by atoms with Gasteiger partial charge in [-0.05, 0) is 56.3 Å². The lowest BCUT2D eigenvalue weighted by molar-refractivity contribution is 0.200. The second-order valence-electron chi connectivity index (χ2n) is 6.69. The molecule has 2 aliphatic rings. The Morgan fingerprint density at radius 3 is 2.76 bits per heavy atom. The van der Waals surface area contributed by atoms with E-state index in [1.807, 2.05) is 14.0 Å². The Labute approximate surface area is 151 Å². The summed E-state index contributed by atoms with van der Waals surface area (Å²) in [6.45, 7) is 3.39. The summed E-state index contributed by atoms with van der Waals surface area (Å²) in [5.74, 6) is 0.589. The molecule has 1 saturated heterocycles. The molecule has 136 valence electrons. The lowest BCUT2D eigenvalue weighted by Crippen LogP contribution is -2.40. The maximum atomic E-state index is 14.5. The summed E-state index contributed by atoms with van der Waals surface area (Å²) >= 11 is 1.49. The molecule has 25 heavy (non-hydrogen) atoms. The largest absolute Gasteiger partial charge is 0.369 e. The number of carbonyl (C=O) groups is 1. The molecule has 0 spiro atoms. The van der Waals surface area contributed by atoms with Crippen molar-refractivity contribution in [3.05, 3.63) is 29.6 Å². The third-order valence-electron chi connectivity index (χ3n) is 4.66. The van der Waals surface area contributed by atoms with Crippen LogP contribution in [0, 0.1) is 5.82 Å². The van der Waals surface area contributed by atoms with Crippen molar-refractivity contribution in [1.29, 1.82) is 0 Å². The normalized spacial score (nSPS) is 24.0. The average molecular weight is 365 g/mol. The summed E-state index contributed by atoms with van der Waals surface area (Å²) in [6.07, 6.45) is 3.21. The highest BCUT2D eigenvalue weighted by molar-refractivity contribution is 7.97. The first kappa shape index (κ1) is 17.8. The zero-order valence-electron chi connectivity index (χ0n) is 14.6. The highest BCUT2D eigenvalue weighted by Gasteiger charge is 2.34. The van der Waals surface area contributed by atoms with Gasteiger partial charge in [-0.1, -0.05) is 0 Å². The van der Waals surface area contributed by atoms with Gasteiger partial charge in [0.05, 0.1) is 0 Å². The number of nitrogens with one attached hydrogen (secondary N) is 1. The fourth-order valence-corrected chi connectivity index (χ4v) is 3.94. The Morgan fingerprint density at radius 2 is 2.08 bits per heavy atom. The van der Waals surface area contributed by atoms with Gasteiger partial charge in [0.2, 0.25) is 5.96 Å². The number of urea groups is 1. The lowest BCUT2D eigenvalue weighted by Gasteiger charge is -2.34. The number of anilines is 1. The first-order valence-electron chi connectivity index (χ1n) is 8.47. The molecule has 1 atom stereocenters. The number of nitrogens with two attached hydrogens (primary N) is 1. The van der Waals surface area contributed by atoms with Crippen LogP contribution in [0.5, 0.6) is 0 Å². The molecule has 0 aromatic heterocycles. The number of carbonyl (C=O) groups excluding carboxylic acids is 1. The van der Waals surface area contributed by atoms with Crippen LogP contribution in [0.15, 0.2) is 23.2 Å². The average Bonchev–Trinajstić information content (AvgIpc) is 2.61. The summed E-state index contributed by atoms with van der Waals surface area (Å²) < 4.78 is 16.2. The van der Waals surface area contributed by atoms with Crippen molar-refractivity contribution in [2.45, 2.75) is 31.7 Å². The van der Waals surface area contributed by atoms with Crippen LogP contribution in [0.25, 0.3) is 0 Å². The number of piperidine rings is 1. The molecule has 0 radical (unpaired) electrons. The molecule has 3 N–H and O–H groups in total. The number of rotatable bonds is 2. The summed E-state index contributed by atoms with van der Waals surface area (Å²) in [5.41, 5.74) is 6.16. The second-order valence-corrected chi connectivity index (χ2v) is 7.78. The summed E-state index contributed by atoms with van der Waals surface area (Å²) in [6, 6.07) is 4.49. The van der Waals surface area contributed by atoms with Crippen molar-refractivity contribution in [1.82, 2.24) is 9.21 Å². The smallest absolute Gasteiger partial charge is 0.321 e. The number of amides is 2. The molecular weight excluding hydrogens is 341 g/mol. The maximum absolute atomic E-state index is 14.5. The number of guanidine groups is 1. The van der Waals surface area contributed by atoms with Crippen molar-refractivity contribution in [3.8, 4) is 0 Å². The maximum Gasteiger partial charge on any atom is 0.321 e. The highest BCUT2D eigenvalue weighted by atomic mass is 32.2. The van der Waals surface area contributed by atoms with Gasteiger partial charge in [-0.3, -0.25) is 4.31 Å². The number of hydrogen-bond donors (Lipinski definition) is 2. The summed E-state index contributed by atoms with van der Waals surface area (Å²) in [4.78, 5) is 18.7. The first-order valence-corrected chi connectivity index (χ1v) is 9.41. The van der Waals surface area contributed by atoms with Crippen molar-refractivity contribution in [2.75, 3.05) is 31.2 Å². The van der Waals surface area contributed by atoms with Crippen LogP contribution in [-0.4, -0.2) is 47.1 Å². The number of likely N-dealkylation sites (tertiary alicyclic amines) is 1. The van der Waals surface area contributed by atoms with Gasteiger partial charge in [-0.2, -0.15) is 0 Å². The zero-order chi connectivity index (χ0) is 18.0. The lowest BCUT2D eigenvalue weighted by atomic mass is 9.93. The fourth-order valence-electron chi connectivity index (χ4n) is 3.10. The van der Waals surface area contributed by atoms with Crippen LogP contribution < -0.4 is 11.1 Å². The molecule has 2 amide bonds. The predicted octanol–water partition coefficient (Wildman–Crippen LogP) is 2.97. The topological polar surface area (TPSA) is 74.0 Å². The van der Waals surface area contributed by atoms with Crippen molar-refractivity contribution < 1.29 is 9.18 Å². The molecule has 1 aromatic carbocycles. The summed E-state index contributed by atoms with van der Waals surface area (Å²) in [5, 5.41) is 2.88. The van der Waals surface area contributed by atoms with Gasteiger partial charge in [0.1, 0.15) is 11.4 Å². The standard InChI is InChI=1S/C17H24FN5OS/c1-17(11-25-22(2)15(19)21-17)13-10-12(6-7-14(13)18)20-16(24)23-8-4-3-5-9-23/h6-7,10H,3-5,8-9,11H2,1-2H3,(H2,19,21)(H,20,24)/t17-/m0/s1. The van der Waals surface area contributed by atoms with E-state index in [4.69, 9.17) is 5.73 Å². The van der Waals surface area contributed by atoms with E-state index in [0.29, 0.717) is 23.0 Å². The van der Waals surface area contributed by atoms with Gasteiger partial charge in [0, 0.05) is 37.1 Å². The highest BCUT2D eigenvalue weighted by Crippen LogP contribution is 2.36. The van der Waals surface area contributed by atoms with Crippen molar-refractivity contribution in [2.24, 2.45) is 10.7 Å². The molecular formula is C17H24FN5OS. The quantitative estimate of drug-likeness (QED) is 0.790. The SMILES string of the molecule is CN1SC[C@@](C)(c2cc(NC(=O)N3CCCCC3)ccc2F)N=C1N. The van der Waals surface area contributed by atoms with E-state index in [1.54, 1.807) is 21.3 Å². The van der Waals surface area contributed by atoms with Crippen LogP contribution >= 0.6 is 11.9 Å². The van der Waals surface area contributed by atoms with Crippen LogP contribution in [0.3, 0.4) is 0 Å². The molecule has 2 aliphatic heterocycles. The number of benzene rings is 1. The van der Waals surface area contributed by atoms with Gasteiger partial charge in [-0.15, -0.1) is 0 Å². The van der Waals surface area contributed by atoms with E-state index in [0.717, 1.165) is 32.4 Å². The molecule has 2 heterocycles. The monoisotopic (exact) mass is 365 g/mol. The molecule has 0 aliphatic carbocycles. The van der Waals surface area contributed by atoms with Crippen molar-refractivity contribution >= 4 is 29.6 Å². The Bertz CT molecular complexity index is 692. The molecule has 6 nitrogen and oxygen atoms in total. The number of hydrogen-bond acceptors (Lipinski definition) is 5. The minimum absolute atomic E-state index is 0.136. The molecule has 3 rings (SSSR count).